The fourth-order valence-corrected chi connectivity index (χ4v) is 2.54. The Labute approximate surface area is 146 Å². The summed E-state index contributed by atoms with van der Waals surface area (Å²) in [5.74, 6) is 0. The topological polar surface area (TPSA) is 96.6 Å². The Balaban J connectivity index is 2.36. The van der Waals surface area contributed by atoms with Crippen LogP contribution in [-0.4, -0.2) is 23.1 Å². The number of nitriles is 2. The molecule has 6 nitrogen and oxygen atoms in total. The second kappa shape index (κ2) is 7.94. The van der Waals surface area contributed by atoms with Crippen molar-refractivity contribution in [3.8, 4) is 12.1 Å². The highest BCUT2D eigenvalue weighted by molar-refractivity contribution is 5.71. The van der Waals surface area contributed by atoms with Crippen molar-refractivity contribution in [3.63, 3.8) is 0 Å². The monoisotopic (exact) mass is 333 g/mol. The van der Waals surface area contributed by atoms with Crippen molar-refractivity contribution in [2.24, 2.45) is 0 Å². The van der Waals surface area contributed by atoms with Gasteiger partial charge in [-0.25, -0.2) is 4.98 Å². The molecule has 2 rings (SSSR count). The van der Waals surface area contributed by atoms with E-state index in [0.29, 0.717) is 0 Å². The molecule has 0 spiro atoms. The van der Waals surface area contributed by atoms with Crippen molar-refractivity contribution < 1.29 is 0 Å². The van der Waals surface area contributed by atoms with Gasteiger partial charge in [0.05, 0.1) is 0 Å². The Morgan fingerprint density at radius 1 is 1.20 bits per heavy atom. The van der Waals surface area contributed by atoms with Crippen LogP contribution in [0.15, 0.2) is 23.0 Å². The summed E-state index contributed by atoms with van der Waals surface area (Å²) in [6, 6.07) is 9.70. The van der Waals surface area contributed by atoms with Crippen molar-refractivity contribution in [2.75, 3.05) is 18.0 Å². The van der Waals surface area contributed by atoms with Gasteiger partial charge in [-0.05, 0) is 50.1 Å². The zero-order valence-corrected chi connectivity index (χ0v) is 14.5. The average Bonchev–Trinajstić information content (AvgIpc) is 2.62. The zero-order chi connectivity index (χ0) is 18.4. The number of benzene rings is 1. The lowest BCUT2D eigenvalue weighted by atomic mass is 10.1. The molecule has 0 aliphatic heterocycles. The van der Waals surface area contributed by atoms with Gasteiger partial charge in [-0.3, -0.25) is 4.79 Å². The van der Waals surface area contributed by atoms with Crippen molar-refractivity contribution in [1.82, 2.24) is 9.97 Å². The molecule has 0 aliphatic rings. The van der Waals surface area contributed by atoms with Gasteiger partial charge in [0.2, 0.25) is 0 Å². The summed E-state index contributed by atoms with van der Waals surface area (Å²) in [6.07, 6.45) is 3.34. The Hall–Kier alpha value is -3.38. The summed E-state index contributed by atoms with van der Waals surface area (Å²) in [4.78, 5) is 20.5. The fraction of sp³-hybridized carbons (Fsp3) is 0.263. The molecular weight excluding hydrogens is 314 g/mol. The molecule has 2 aromatic rings. The molecule has 0 radical (unpaired) electrons. The SMILES string of the molecule is CCN(CC)c1ccc(/C=C/c2nc(C#N)c(C#N)[nH]c2=O)c(C)c1. The Morgan fingerprint density at radius 2 is 1.92 bits per heavy atom. The van der Waals surface area contributed by atoms with Crippen LogP contribution in [0.3, 0.4) is 0 Å². The molecule has 0 amide bonds. The third-order valence-electron chi connectivity index (χ3n) is 3.96. The summed E-state index contributed by atoms with van der Waals surface area (Å²) in [5, 5.41) is 17.9. The van der Waals surface area contributed by atoms with E-state index >= 15 is 0 Å². The van der Waals surface area contributed by atoms with E-state index in [1.807, 2.05) is 25.1 Å². The first kappa shape index (κ1) is 18.0. The highest BCUT2D eigenvalue weighted by Crippen LogP contribution is 2.20. The number of rotatable bonds is 5. The third kappa shape index (κ3) is 3.94. The van der Waals surface area contributed by atoms with E-state index in [-0.39, 0.29) is 17.1 Å². The third-order valence-corrected chi connectivity index (χ3v) is 3.96. The van der Waals surface area contributed by atoms with Crippen LogP contribution in [0.4, 0.5) is 5.69 Å². The summed E-state index contributed by atoms with van der Waals surface area (Å²) < 4.78 is 0. The molecule has 126 valence electrons. The first-order valence-electron chi connectivity index (χ1n) is 8.02. The van der Waals surface area contributed by atoms with Gasteiger partial charge in [0.25, 0.3) is 5.56 Å². The molecule has 1 aromatic carbocycles. The largest absolute Gasteiger partial charge is 0.372 e. The maximum Gasteiger partial charge on any atom is 0.274 e. The van der Waals surface area contributed by atoms with E-state index in [4.69, 9.17) is 10.5 Å². The van der Waals surface area contributed by atoms with Crippen LogP contribution in [0.1, 0.15) is 42.1 Å². The fourth-order valence-electron chi connectivity index (χ4n) is 2.54. The lowest BCUT2D eigenvalue weighted by Gasteiger charge is -2.21. The Morgan fingerprint density at radius 3 is 2.48 bits per heavy atom. The van der Waals surface area contributed by atoms with Gasteiger partial charge in [-0.15, -0.1) is 0 Å². The van der Waals surface area contributed by atoms with E-state index in [2.05, 4.69) is 34.8 Å². The molecule has 0 unspecified atom stereocenters. The first-order chi connectivity index (χ1) is 12.0. The number of aromatic nitrogens is 2. The predicted molar refractivity (Wildman–Crippen MR) is 98.0 cm³/mol. The Bertz CT molecular complexity index is 940. The molecule has 1 N–H and O–H groups in total. The van der Waals surface area contributed by atoms with Crippen molar-refractivity contribution in [2.45, 2.75) is 20.8 Å². The minimum absolute atomic E-state index is 0.0876. The van der Waals surface area contributed by atoms with Gasteiger partial charge < -0.3 is 9.88 Å². The highest BCUT2D eigenvalue weighted by Gasteiger charge is 2.08. The number of aromatic amines is 1. The molecule has 0 fully saturated rings. The molecule has 25 heavy (non-hydrogen) atoms. The van der Waals surface area contributed by atoms with Gasteiger partial charge in [-0.1, -0.05) is 12.1 Å². The number of anilines is 1. The van der Waals surface area contributed by atoms with E-state index in [9.17, 15) is 4.79 Å². The number of H-pyrrole nitrogens is 1. The minimum atomic E-state index is -0.496. The zero-order valence-electron chi connectivity index (χ0n) is 14.5. The summed E-state index contributed by atoms with van der Waals surface area (Å²) in [6.45, 7) is 8.10. The number of nitrogens with zero attached hydrogens (tertiary/aromatic N) is 4. The smallest absolute Gasteiger partial charge is 0.274 e. The quantitative estimate of drug-likeness (QED) is 0.907. The summed E-state index contributed by atoms with van der Waals surface area (Å²) in [7, 11) is 0. The number of hydrogen-bond acceptors (Lipinski definition) is 5. The summed E-state index contributed by atoms with van der Waals surface area (Å²) >= 11 is 0. The predicted octanol–water partition coefficient (Wildman–Crippen LogP) is 2.84. The van der Waals surface area contributed by atoms with Gasteiger partial charge in [0.15, 0.2) is 11.4 Å². The lowest BCUT2D eigenvalue weighted by molar-refractivity contribution is 0.865. The normalized spacial score (nSPS) is 10.4. The van der Waals surface area contributed by atoms with Gasteiger partial charge in [0.1, 0.15) is 17.8 Å². The average molecular weight is 333 g/mol. The number of hydrogen-bond donors (Lipinski definition) is 1. The molecule has 1 heterocycles. The molecule has 0 aliphatic carbocycles. The van der Waals surface area contributed by atoms with Crippen molar-refractivity contribution in [3.05, 3.63) is 56.8 Å². The van der Waals surface area contributed by atoms with Crippen LogP contribution in [0, 0.1) is 29.6 Å². The van der Waals surface area contributed by atoms with Gasteiger partial charge in [-0.2, -0.15) is 10.5 Å². The second-order valence-corrected chi connectivity index (χ2v) is 5.44. The molecule has 0 bridgehead atoms. The van der Waals surface area contributed by atoms with Gasteiger partial charge in [0, 0.05) is 18.8 Å². The van der Waals surface area contributed by atoms with Crippen LogP contribution in [0.25, 0.3) is 12.2 Å². The number of aryl methyl sites for hydroxylation is 1. The number of nitrogens with one attached hydrogen (secondary N) is 1. The van der Waals surface area contributed by atoms with Gasteiger partial charge >= 0.3 is 0 Å². The second-order valence-electron chi connectivity index (χ2n) is 5.44. The van der Waals surface area contributed by atoms with E-state index < -0.39 is 5.56 Å². The lowest BCUT2D eigenvalue weighted by Crippen LogP contribution is -2.21. The maximum absolute atomic E-state index is 12.0. The standard InChI is InChI=1S/C19H19N5O/c1-4-24(5-2)15-8-6-14(13(3)10-15)7-9-16-19(25)23-18(12-21)17(11-20)22-16/h6-10H,4-5H2,1-3H3,(H,23,25)/b9-7+. The van der Waals surface area contributed by atoms with Crippen LogP contribution in [0.2, 0.25) is 0 Å². The highest BCUT2D eigenvalue weighted by atomic mass is 16.1. The first-order valence-corrected chi connectivity index (χ1v) is 8.02. The van der Waals surface area contributed by atoms with Crippen LogP contribution < -0.4 is 10.5 Å². The molecule has 0 atom stereocenters. The van der Waals surface area contributed by atoms with E-state index in [1.54, 1.807) is 18.2 Å². The molecule has 1 aromatic heterocycles. The van der Waals surface area contributed by atoms with Crippen molar-refractivity contribution in [1.29, 1.82) is 10.5 Å². The Kier molecular flexibility index (Phi) is 5.71. The summed E-state index contributed by atoms with van der Waals surface area (Å²) in [5.41, 5.74) is 2.58. The molecular formula is C19H19N5O. The van der Waals surface area contributed by atoms with E-state index in [1.165, 1.54) is 0 Å². The maximum atomic E-state index is 12.0. The van der Waals surface area contributed by atoms with Crippen LogP contribution in [0.5, 0.6) is 0 Å². The minimum Gasteiger partial charge on any atom is -0.372 e. The van der Waals surface area contributed by atoms with E-state index in [0.717, 1.165) is 29.9 Å². The molecule has 6 heteroatoms. The van der Waals surface area contributed by atoms with Crippen LogP contribution >= 0.6 is 0 Å². The van der Waals surface area contributed by atoms with Crippen LogP contribution in [-0.2, 0) is 0 Å². The van der Waals surface area contributed by atoms with Crippen molar-refractivity contribution >= 4 is 17.8 Å². The molecule has 0 saturated heterocycles. The molecule has 0 saturated carbocycles.